The summed E-state index contributed by atoms with van der Waals surface area (Å²) in [7, 11) is 0. The van der Waals surface area contributed by atoms with Crippen molar-refractivity contribution in [2.75, 3.05) is 37.7 Å². The summed E-state index contributed by atoms with van der Waals surface area (Å²) in [5.74, 6) is -5.57. The van der Waals surface area contributed by atoms with E-state index in [2.05, 4.69) is 26.7 Å². The number of phenolic OH excluding ortho intramolecular Hbond substituents is 1. The highest BCUT2D eigenvalue weighted by atomic mass is 19.3. The lowest BCUT2D eigenvalue weighted by atomic mass is 9.89. The van der Waals surface area contributed by atoms with Crippen LogP contribution in [0.4, 0.5) is 27.8 Å². The van der Waals surface area contributed by atoms with Gasteiger partial charge < -0.3 is 20.1 Å². The minimum absolute atomic E-state index is 0.0544. The number of rotatable bonds is 6. The highest BCUT2D eigenvalue weighted by molar-refractivity contribution is 6.04. The van der Waals surface area contributed by atoms with Crippen molar-refractivity contribution in [3.05, 3.63) is 59.9 Å². The Labute approximate surface area is 273 Å². The average Bonchev–Trinajstić information content (AvgIpc) is 3.38. The molecule has 1 spiro atoms. The number of hydrogen-bond acceptors (Lipinski definition) is 7. The van der Waals surface area contributed by atoms with E-state index in [1.165, 1.54) is 24.3 Å². The van der Waals surface area contributed by atoms with E-state index in [1.54, 1.807) is 6.07 Å². The first-order valence-electron chi connectivity index (χ1n) is 16.5. The molecule has 0 unspecified atom stereocenters. The molecule has 1 aromatic heterocycles. The Kier molecular flexibility index (Phi) is 6.41. The van der Waals surface area contributed by atoms with Gasteiger partial charge >= 0.3 is 6.01 Å². The molecule has 9 rings (SSSR count). The molecule has 4 saturated heterocycles. The zero-order valence-electron chi connectivity index (χ0n) is 26.1. The molecule has 2 bridgehead atoms. The van der Waals surface area contributed by atoms with Gasteiger partial charge in [-0.05, 0) is 79.4 Å². The molecule has 4 aromatic rings. The van der Waals surface area contributed by atoms with Gasteiger partial charge in [0, 0.05) is 54.5 Å². The summed E-state index contributed by atoms with van der Waals surface area (Å²) in [6.07, 6.45) is 5.22. The van der Waals surface area contributed by atoms with Crippen LogP contribution in [0.1, 0.15) is 44.1 Å². The first kappa shape index (κ1) is 30.1. The lowest BCUT2D eigenvalue weighted by Gasteiger charge is -2.35. The van der Waals surface area contributed by atoms with E-state index in [0.717, 1.165) is 25.3 Å². The van der Waals surface area contributed by atoms with E-state index in [4.69, 9.17) is 9.72 Å². The van der Waals surface area contributed by atoms with Crippen LogP contribution in [-0.4, -0.2) is 76.3 Å². The summed E-state index contributed by atoms with van der Waals surface area (Å²) in [5, 5.41) is 14.6. The fourth-order valence-corrected chi connectivity index (χ4v) is 9.15. The highest BCUT2D eigenvalue weighted by Gasteiger charge is 2.77. The van der Waals surface area contributed by atoms with Gasteiger partial charge in [-0.3, -0.25) is 4.90 Å². The second-order valence-electron chi connectivity index (χ2n) is 14.5. The monoisotopic (exact) mass is 663 g/mol. The number of nitrogens with one attached hydrogen (secondary N) is 1. The van der Waals surface area contributed by atoms with E-state index in [0.29, 0.717) is 50.2 Å². The molecule has 1 aliphatic carbocycles. The third kappa shape index (κ3) is 4.37. The highest BCUT2D eigenvalue weighted by Crippen LogP contribution is 2.69. The number of piperazine rings is 1. The number of ether oxygens (including phenoxy) is 1. The number of alkyl halides is 2. The quantitative estimate of drug-likeness (QED) is 0.220. The molecule has 4 aliphatic heterocycles. The van der Waals surface area contributed by atoms with Gasteiger partial charge in [-0.25, -0.2) is 22.0 Å². The van der Waals surface area contributed by atoms with Crippen molar-refractivity contribution in [3.63, 3.8) is 0 Å². The van der Waals surface area contributed by atoms with Crippen LogP contribution in [0.2, 0.25) is 0 Å². The number of fused-ring (bicyclic) bond motifs is 5. The smallest absolute Gasteiger partial charge is 0.319 e. The van der Waals surface area contributed by atoms with Gasteiger partial charge in [0.1, 0.15) is 23.7 Å². The third-order valence-electron chi connectivity index (χ3n) is 11.5. The predicted molar refractivity (Wildman–Crippen MR) is 172 cm³/mol. The molecule has 48 heavy (non-hydrogen) atoms. The van der Waals surface area contributed by atoms with Crippen LogP contribution in [0.25, 0.3) is 38.9 Å². The molecule has 0 amide bonds. The van der Waals surface area contributed by atoms with Crippen LogP contribution < -0.4 is 15.0 Å². The summed E-state index contributed by atoms with van der Waals surface area (Å²) in [5.41, 5.74) is -1.56. The van der Waals surface area contributed by atoms with E-state index in [1.807, 2.05) is 0 Å². The van der Waals surface area contributed by atoms with Crippen LogP contribution in [0.3, 0.4) is 0 Å². The van der Waals surface area contributed by atoms with Crippen molar-refractivity contribution in [2.24, 2.45) is 5.41 Å². The summed E-state index contributed by atoms with van der Waals surface area (Å²) in [6.45, 7) is 6.28. The molecule has 5 heterocycles. The minimum Gasteiger partial charge on any atom is -0.508 e. The van der Waals surface area contributed by atoms with Gasteiger partial charge in [0.15, 0.2) is 17.5 Å². The Hall–Kier alpha value is -4.03. The first-order chi connectivity index (χ1) is 23.0. The number of halogens is 5. The van der Waals surface area contributed by atoms with Crippen molar-refractivity contribution < 1.29 is 31.8 Å². The number of aromatic nitrogens is 2. The van der Waals surface area contributed by atoms with Crippen molar-refractivity contribution in [1.82, 2.24) is 20.2 Å². The largest absolute Gasteiger partial charge is 0.508 e. The topological polar surface area (TPSA) is 73.8 Å². The summed E-state index contributed by atoms with van der Waals surface area (Å²) >= 11 is 0. The van der Waals surface area contributed by atoms with Crippen LogP contribution in [0.5, 0.6) is 11.8 Å². The van der Waals surface area contributed by atoms with Gasteiger partial charge in [-0.15, -0.1) is 0 Å². The number of aromatic hydroxyl groups is 1. The molecule has 2 N–H and O–H groups in total. The lowest BCUT2D eigenvalue weighted by Crippen LogP contribution is -2.51. The minimum atomic E-state index is -2.68. The Balaban J connectivity index is 1.20. The second-order valence-corrected chi connectivity index (χ2v) is 14.5. The zero-order chi connectivity index (χ0) is 33.2. The fraction of sp³-hybridized carbons (Fsp3) is 0.444. The third-order valence-corrected chi connectivity index (χ3v) is 11.5. The molecule has 250 valence electrons. The Morgan fingerprint density at radius 1 is 1.04 bits per heavy atom. The molecule has 5 fully saturated rings. The molecule has 12 heteroatoms. The van der Waals surface area contributed by atoms with Crippen molar-refractivity contribution >= 4 is 33.6 Å². The maximum absolute atomic E-state index is 17.1. The molecule has 5 aliphatic rings. The molecular formula is C36H34F5N5O2. The SMILES string of the molecule is C=Cc1cc2c(N3C[C@H]4CC[C@@H](C3)N4)nc(OC[C@@]34CCCN3C[C@@]3(CC3(F)F)C4)nc2c(F)c1-c1cc(O)cc2ccc(F)c(F)c12. The number of hydrogen-bond donors (Lipinski definition) is 2. The van der Waals surface area contributed by atoms with Crippen molar-refractivity contribution in [2.45, 2.75) is 62.1 Å². The van der Waals surface area contributed by atoms with Crippen molar-refractivity contribution in [1.29, 1.82) is 0 Å². The van der Waals surface area contributed by atoms with Gasteiger partial charge in [-0.2, -0.15) is 9.97 Å². The van der Waals surface area contributed by atoms with Gasteiger partial charge in [0.25, 0.3) is 5.92 Å². The standard InChI is InChI=1S/C36H34F5N5O2/c1-2-19-11-25-31(30(39)27(19)24-12-23(47)10-20-4-7-26(37)29(38)28(20)24)43-33(44-32(25)45-13-21-5-6-22(14-45)42-21)48-18-35-8-3-9-46(35)17-34(15-35)16-36(34,40)41/h2,4,7,10-12,21-22,42,47H,1,3,5-6,8-9,13-18H2/t21-,22+,34-,35-/m0/s1. The number of phenols is 1. The summed E-state index contributed by atoms with van der Waals surface area (Å²) in [6, 6.07) is 6.84. The molecule has 1 saturated carbocycles. The van der Waals surface area contributed by atoms with Crippen LogP contribution in [-0.2, 0) is 0 Å². The molecule has 0 radical (unpaired) electrons. The van der Waals surface area contributed by atoms with Gasteiger partial charge in [0.05, 0.1) is 11.0 Å². The molecular weight excluding hydrogens is 629 g/mol. The zero-order valence-corrected chi connectivity index (χ0v) is 26.1. The van der Waals surface area contributed by atoms with Crippen LogP contribution in [0, 0.1) is 22.9 Å². The van der Waals surface area contributed by atoms with Gasteiger partial charge in [0.2, 0.25) is 0 Å². The Bertz CT molecular complexity index is 2030. The Morgan fingerprint density at radius 2 is 1.81 bits per heavy atom. The molecule has 4 atom stereocenters. The second kappa shape index (κ2) is 10.2. The number of anilines is 1. The van der Waals surface area contributed by atoms with E-state index in [-0.39, 0.29) is 69.9 Å². The lowest BCUT2D eigenvalue weighted by molar-refractivity contribution is 0.0647. The maximum atomic E-state index is 17.1. The maximum Gasteiger partial charge on any atom is 0.319 e. The predicted octanol–water partition coefficient (Wildman–Crippen LogP) is 6.80. The summed E-state index contributed by atoms with van der Waals surface area (Å²) in [4.78, 5) is 13.6. The fourth-order valence-electron chi connectivity index (χ4n) is 9.15. The number of benzene rings is 3. The van der Waals surface area contributed by atoms with Crippen LogP contribution >= 0.6 is 0 Å². The van der Waals surface area contributed by atoms with Crippen LogP contribution in [0.15, 0.2) is 36.9 Å². The van der Waals surface area contributed by atoms with E-state index in [9.17, 15) is 18.3 Å². The normalized spacial score (nSPS) is 28.9. The molecule has 7 nitrogen and oxygen atoms in total. The van der Waals surface area contributed by atoms with Crippen molar-refractivity contribution in [3.8, 4) is 22.9 Å². The number of nitrogens with zero attached hydrogens (tertiary/aromatic N) is 4. The molecule has 3 aromatic carbocycles. The summed E-state index contributed by atoms with van der Waals surface area (Å²) < 4.78 is 82.2. The average molecular weight is 664 g/mol. The Morgan fingerprint density at radius 3 is 2.54 bits per heavy atom. The first-order valence-corrected chi connectivity index (χ1v) is 16.5. The van der Waals surface area contributed by atoms with E-state index < -0.39 is 34.3 Å². The van der Waals surface area contributed by atoms with Gasteiger partial charge in [-0.1, -0.05) is 18.7 Å². The van der Waals surface area contributed by atoms with E-state index >= 15 is 8.78 Å².